The van der Waals surface area contributed by atoms with E-state index in [4.69, 9.17) is 12.3 Å². The van der Waals surface area contributed by atoms with Crippen molar-refractivity contribution in [2.24, 2.45) is 5.41 Å². The molecule has 0 saturated carbocycles. The second-order valence-electron chi connectivity index (χ2n) is 7.60. The van der Waals surface area contributed by atoms with E-state index in [0.29, 0.717) is 17.1 Å². The zero-order valence-electron chi connectivity index (χ0n) is 14.8. The van der Waals surface area contributed by atoms with Crippen LogP contribution < -0.4 is 11.1 Å². The van der Waals surface area contributed by atoms with Crippen LogP contribution in [-0.2, 0) is 6.42 Å². The lowest BCUT2D eigenvalue weighted by Gasteiger charge is -2.28. The van der Waals surface area contributed by atoms with E-state index in [1.165, 1.54) is 5.56 Å². The van der Waals surface area contributed by atoms with Crippen LogP contribution in [0.4, 0.5) is 11.4 Å². The maximum Gasteiger partial charge on any atom is 0.268 e. The van der Waals surface area contributed by atoms with Crippen LogP contribution in [0.15, 0.2) is 42.5 Å². The van der Waals surface area contributed by atoms with Crippen LogP contribution in [-0.4, -0.2) is 10.9 Å². The first kappa shape index (κ1) is 16.2. The van der Waals surface area contributed by atoms with Gasteiger partial charge in [0.15, 0.2) is 5.69 Å². The highest BCUT2D eigenvalue weighted by Crippen LogP contribution is 2.46. The normalized spacial score (nSPS) is 17.7. The van der Waals surface area contributed by atoms with Gasteiger partial charge in [-0.1, -0.05) is 32.0 Å². The van der Waals surface area contributed by atoms with Gasteiger partial charge in [0.2, 0.25) is 0 Å². The fourth-order valence-electron chi connectivity index (χ4n) is 3.85. The maximum absolute atomic E-state index is 12.9. The molecule has 1 aliphatic carbocycles. The predicted molar refractivity (Wildman–Crippen MR) is 103 cm³/mol. The summed E-state index contributed by atoms with van der Waals surface area (Å²) >= 11 is 0. The van der Waals surface area contributed by atoms with Crippen LogP contribution in [0.25, 0.3) is 15.7 Å². The van der Waals surface area contributed by atoms with Gasteiger partial charge in [-0.05, 0) is 47.2 Å². The zero-order valence-corrected chi connectivity index (χ0v) is 14.8. The summed E-state index contributed by atoms with van der Waals surface area (Å²) in [5, 5.41) is 4.08. The van der Waals surface area contributed by atoms with Gasteiger partial charge >= 0.3 is 0 Å². The molecule has 1 heterocycles. The number of fused-ring (bicyclic) bond motifs is 2. The third-order valence-electron chi connectivity index (χ3n) is 5.16. The molecule has 1 amide bonds. The summed E-state index contributed by atoms with van der Waals surface area (Å²) in [5.74, 6) is -0.154. The third kappa shape index (κ3) is 2.60. The van der Waals surface area contributed by atoms with Crippen LogP contribution in [0.3, 0.4) is 0 Å². The zero-order chi connectivity index (χ0) is 18.5. The molecule has 4 rings (SSSR count). The fraction of sp³-hybridized carbons (Fsp3) is 0.238. The number of aromatic amines is 1. The highest BCUT2D eigenvalue weighted by atomic mass is 16.2. The number of amides is 1. The number of nitrogen functional groups attached to an aromatic ring is 1. The molecule has 0 saturated heterocycles. The highest BCUT2D eigenvalue weighted by molar-refractivity contribution is 5.98. The van der Waals surface area contributed by atoms with Crippen LogP contribution in [0.5, 0.6) is 0 Å². The molecule has 0 spiro atoms. The molecule has 0 radical (unpaired) electrons. The number of hydrogen-bond donors (Lipinski definition) is 3. The van der Waals surface area contributed by atoms with Gasteiger partial charge in [0, 0.05) is 16.6 Å². The quantitative estimate of drug-likeness (QED) is 0.477. The van der Waals surface area contributed by atoms with E-state index in [1.807, 2.05) is 42.5 Å². The number of benzene rings is 2. The van der Waals surface area contributed by atoms with Crippen LogP contribution >= 0.6 is 0 Å². The average molecular weight is 344 g/mol. The van der Waals surface area contributed by atoms with E-state index in [0.717, 1.165) is 22.9 Å². The summed E-state index contributed by atoms with van der Waals surface area (Å²) in [7, 11) is 0. The molecule has 1 aromatic heterocycles. The van der Waals surface area contributed by atoms with E-state index in [-0.39, 0.29) is 17.4 Å². The number of hydrogen-bond acceptors (Lipinski definition) is 2. The molecule has 0 fully saturated rings. The molecular weight excluding hydrogens is 324 g/mol. The molecule has 26 heavy (non-hydrogen) atoms. The van der Waals surface area contributed by atoms with E-state index >= 15 is 0 Å². The predicted octanol–water partition coefficient (Wildman–Crippen LogP) is 4.35. The Kier molecular flexibility index (Phi) is 3.52. The number of carbonyl (C=O) groups is 1. The van der Waals surface area contributed by atoms with Gasteiger partial charge in [-0.25, -0.2) is 4.85 Å². The standard InChI is InChI=1S/C21H20N4O/c1-21(2)11-12-4-6-15(23-3)10-16(12)19(21)25-20(26)18-9-13-8-14(22)5-7-17(13)24-18/h4-10,19,24H,11,22H2,1-2H3,(H,25,26)/t19-/m0/s1. The van der Waals surface area contributed by atoms with Crippen LogP contribution in [0.1, 0.15) is 41.5 Å². The summed E-state index contributed by atoms with van der Waals surface area (Å²) in [6, 6.07) is 13.0. The van der Waals surface area contributed by atoms with E-state index in [9.17, 15) is 4.79 Å². The van der Waals surface area contributed by atoms with Gasteiger partial charge in [-0.3, -0.25) is 4.79 Å². The van der Waals surface area contributed by atoms with Crippen LogP contribution in [0.2, 0.25) is 0 Å². The summed E-state index contributed by atoms with van der Waals surface area (Å²) in [5.41, 5.74) is 10.6. The Hall–Kier alpha value is -3.26. The minimum Gasteiger partial charge on any atom is -0.399 e. The Balaban J connectivity index is 1.67. The van der Waals surface area contributed by atoms with Gasteiger partial charge in [0.25, 0.3) is 5.91 Å². The van der Waals surface area contributed by atoms with Crippen molar-refractivity contribution in [3.63, 3.8) is 0 Å². The topological polar surface area (TPSA) is 75.3 Å². The number of aromatic nitrogens is 1. The van der Waals surface area contributed by atoms with Crippen LogP contribution in [0, 0.1) is 12.0 Å². The molecule has 0 unspecified atom stereocenters. The molecule has 4 N–H and O–H groups in total. The third-order valence-corrected chi connectivity index (χ3v) is 5.16. The molecule has 130 valence electrons. The number of carbonyl (C=O) groups excluding carboxylic acids is 1. The van der Waals surface area contributed by atoms with Crippen molar-refractivity contribution in [3.05, 3.63) is 70.7 Å². The molecule has 5 heteroatoms. The Morgan fingerprint density at radius 1 is 1.27 bits per heavy atom. The summed E-state index contributed by atoms with van der Waals surface area (Å²) in [6.07, 6.45) is 0.870. The van der Waals surface area contributed by atoms with Crippen molar-refractivity contribution < 1.29 is 4.79 Å². The summed E-state index contributed by atoms with van der Waals surface area (Å²) < 4.78 is 0. The molecule has 0 bridgehead atoms. The maximum atomic E-state index is 12.9. The SMILES string of the molecule is [C-]#[N+]c1ccc2c(c1)[C@H](NC(=O)c1cc3cc(N)ccc3[nH]1)C(C)(C)C2. The monoisotopic (exact) mass is 344 g/mol. The molecule has 0 aliphatic heterocycles. The molecular formula is C21H20N4O. The highest BCUT2D eigenvalue weighted by Gasteiger charge is 2.40. The van der Waals surface area contributed by atoms with E-state index in [1.54, 1.807) is 0 Å². The average Bonchev–Trinajstić information content (AvgIpc) is 3.12. The molecule has 2 aromatic carbocycles. The Labute approximate surface area is 152 Å². The lowest BCUT2D eigenvalue weighted by Crippen LogP contribution is -2.35. The lowest BCUT2D eigenvalue weighted by molar-refractivity contribution is 0.0899. The second-order valence-corrected chi connectivity index (χ2v) is 7.60. The first-order valence-electron chi connectivity index (χ1n) is 8.57. The molecule has 3 aromatic rings. The van der Waals surface area contributed by atoms with Gasteiger partial charge in [-0.2, -0.15) is 0 Å². The minimum atomic E-state index is -0.154. The van der Waals surface area contributed by atoms with Crippen molar-refractivity contribution >= 4 is 28.2 Å². The smallest absolute Gasteiger partial charge is 0.268 e. The minimum absolute atomic E-state index is 0.116. The van der Waals surface area contributed by atoms with Crippen molar-refractivity contribution in [1.29, 1.82) is 0 Å². The molecule has 1 atom stereocenters. The largest absolute Gasteiger partial charge is 0.399 e. The number of nitrogens with two attached hydrogens (primary N) is 1. The first-order chi connectivity index (χ1) is 12.4. The Morgan fingerprint density at radius 2 is 2.08 bits per heavy atom. The van der Waals surface area contributed by atoms with Crippen molar-refractivity contribution in [3.8, 4) is 0 Å². The van der Waals surface area contributed by atoms with E-state index < -0.39 is 0 Å². The van der Waals surface area contributed by atoms with Crippen molar-refractivity contribution in [1.82, 2.24) is 10.3 Å². The lowest BCUT2D eigenvalue weighted by atomic mass is 9.85. The number of anilines is 1. The van der Waals surface area contributed by atoms with E-state index in [2.05, 4.69) is 29.0 Å². The number of nitrogens with zero attached hydrogens (tertiary/aromatic N) is 1. The number of H-pyrrole nitrogens is 1. The Bertz CT molecular complexity index is 1070. The summed E-state index contributed by atoms with van der Waals surface area (Å²) in [4.78, 5) is 19.6. The van der Waals surface area contributed by atoms with Gasteiger partial charge in [0.05, 0.1) is 12.6 Å². The van der Waals surface area contributed by atoms with Crippen molar-refractivity contribution in [2.75, 3.05) is 5.73 Å². The number of rotatable bonds is 2. The summed E-state index contributed by atoms with van der Waals surface area (Å²) in [6.45, 7) is 11.5. The molecule has 5 nitrogen and oxygen atoms in total. The van der Waals surface area contributed by atoms with Crippen molar-refractivity contribution in [2.45, 2.75) is 26.3 Å². The number of nitrogens with one attached hydrogen (secondary N) is 2. The Morgan fingerprint density at radius 3 is 2.85 bits per heavy atom. The fourth-order valence-corrected chi connectivity index (χ4v) is 3.85. The van der Waals surface area contributed by atoms with Gasteiger partial charge < -0.3 is 16.0 Å². The van der Waals surface area contributed by atoms with Gasteiger partial charge in [0.1, 0.15) is 5.69 Å². The molecule has 1 aliphatic rings. The second kappa shape index (κ2) is 5.63. The van der Waals surface area contributed by atoms with Gasteiger partial charge in [-0.15, -0.1) is 0 Å². The first-order valence-corrected chi connectivity index (χ1v) is 8.57.